The molecule has 1 aromatic rings. The summed E-state index contributed by atoms with van der Waals surface area (Å²) >= 11 is 0. The molecule has 2 N–H and O–H groups in total. The summed E-state index contributed by atoms with van der Waals surface area (Å²) in [6.07, 6.45) is 3.12. The van der Waals surface area contributed by atoms with E-state index >= 15 is 0 Å². The quantitative estimate of drug-likeness (QED) is 0.853. The SMILES string of the molecule is [2H]C([2H])([2H])Oc1cc(N2CCC(N3CCN(C)CC3)CC2)c(CC)cc1N. The highest BCUT2D eigenvalue weighted by atomic mass is 16.5. The van der Waals surface area contributed by atoms with Crippen molar-refractivity contribution in [3.05, 3.63) is 17.7 Å². The van der Waals surface area contributed by atoms with E-state index in [4.69, 9.17) is 14.6 Å². The average molecular weight is 336 g/mol. The second kappa shape index (κ2) is 7.62. The molecule has 5 heteroatoms. The van der Waals surface area contributed by atoms with Crippen molar-refractivity contribution in [1.29, 1.82) is 0 Å². The summed E-state index contributed by atoms with van der Waals surface area (Å²) in [5.41, 5.74) is 8.62. The number of nitrogens with zero attached hydrogens (tertiary/aromatic N) is 3. The molecule has 1 aromatic carbocycles. The van der Waals surface area contributed by atoms with Gasteiger partial charge in [-0.1, -0.05) is 6.92 Å². The molecule has 0 spiro atoms. The summed E-state index contributed by atoms with van der Waals surface area (Å²) in [5, 5.41) is 0. The number of nitrogen functional groups attached to an aromatic ring is 1. The third kappa shape index (κ3) is 3.62. The number of piperidine rings is 1. The molecule has 0 saturated carbocycles. The number of methoxy groups -OCH3 is 1. The summed E-state index contributed by atoms with van der Waals surface area (Å²) < 4.78 is 27.2. The van der Waals surface area contributed by atoms with Gasteiger partial charge in [-0.15, -0.1) is 0 Å². The van der Waals surface area contributed by atoms with E-state index in [1.807, 2.05) is 12.1 Å². The summed E-state index contributed by atoms with van der Waals surface area (Å²) in [4.78, 5) is 7.38. The van der Waals surface area contributed by atoms with E-state index in [-0.39, 0.29) is 5.75 Å². The first-order chi connectivity index (χ1) is 12.8. The molecule has 0 aliphatic carbocycles. The smallest absolute Gasteiger partial charge is 0.143 e. The third-order valence-corrected chi connectivity index (χ3v) is 5.56. The standard InChI is InChI=1S/C19H32N4O/c1-4-15-13-17(20)19(24-3)14-18(15)23-7-5-16(6-8-23)22-11-9-21(2)10-12-22/h13-14,16H,4-12,20H2,1-3H3/i3D3. The Labute approximate surface area is 150 Å². The Morgan fingerprint density at radius 2 is 1.88 bits per heavy atom. The van der Waals surface area contributed by atoms with E-state index in [1.54, 1.807) is 0 Å². The molecular weight excluding hydrogens is 300 g/mol. The Morgan fingerprint density at radius 3 is 2.50 bits per heavy atom. The van der Waals surface area contributed by atoms with Gasteiger partial charge in [-0.25, -0.2) is 0 Å². The molecule has 3 rings (SSSR count). The zero-order valence-electron chi connectivity index (χ0n) is 17.9. The van der Waals surface area contributed by atoms with Gasteiger partial charge in [0.15, 0.2) is 0 Å². The molecule has 0 unspecified atom stereocenters. The second-order valence-corrected chi connectivity index (χ2v) is 7.03. The van der Waals surface area contributed by atoms with E-state index < -0.39 is 7.04 Å². The molecule has 0 aromatic heterocycles. The van der Waals surface area contributed by atoms with Crippen molar-refractivity contribution < 1.29 is 8.85 Å². The zero-order valence-corrected chi connectivity index (χ0v) is 14.9. The van der Waals surface area contributed by atoms with Crippen LogP contribution in [-0.2, 0) is 6.42 Å². The fourth-order valence-corrected chi connectivity index (χ4v) is 3.96. The van der Waals surface area contributed by atoms with E-state index in [2.05, 4.69) is 28.7 Å². The Balaban J connectivity index is 1.70. The van der Waals surface area contributed by atoms with Gasteiger partial charge in [0.25, 0.3) is 0 Å². The molecule has 2 fully saturated rings. The maximum absolute atomic E-state index is 7.37. The van der Waals surface area contributed by atoms with Gasteiger partial charge in [-0.05, 0) is 37.9 Å². The van der Waals surface area contributed by atoms with Crippen LogP contribution in [0.5, 0.6) is 5.75 Å². The van der Waals surface area contributed by atoms with Gasteiger partial charge < -0.3 is 20.3 Å². The normalized spacial score (nSPS) is 23.6. The average Bonchev–Trinajstić information content (AvgIpc) is 2.63. The zero-order chi connectivity index (χ0) is 19.6. The first-order valence-electron chi connectivity index (χ1n) is 10.6. The van der Waals surface area contributed by atoms with Crippen molar-refractivity contribution in [2.75, 3.05) is 64.0 Å². The number of ether oxygens (including phenoxy) is 1. The van der Waals surface area contributed by atoms with Crippen molar-refractivity contribution >= 4 is 11.4 Å². The van der Waals surface area contributed by atoms with Crippen LogP contribution in [0.15, 0.2) is 12.1 Å². The maximum atomic E-state index is 7.37. The summed E-state index contributed by atoms with van der Waals surface area (Å²) in [6.45, 7) is 8.64. The highest BCUT2D eigenvalue weighted by Crippen LogP contribution is 2.34. The monoisotopic (exact) mass is 335 g/mol. The van der Waals surface area contributed by atoms with Crippen molar-refractivity contribution in [2.24, 2.45) is 0 Å². The minimum atomic E-state index is -2.49. The van der Waals surface area contributed by atoms with E-state index in [1.165, 1.54) is 0 Å². The van der Waals surface area contributed by atoms with E-state index in [0.29, 0.717) is 11.7 Å². The van der Waals surface area contributed by atoms with Crippen LogP contribution in [0.25, 0.3) is 0 Å². The van der Waals surface area contributed by atoms with Gasteiger partial charge >= 0.3 is 0 Å². The molecule has 134 valence electrons. The molecular formula is C19H32N4O. The van der Waals surface area contributed by atoms with Crippen LogP contribution in [0.3, 0.4) is 0 Å². The van der Waals surface area contributed by atoms with Gasteiger partial charge in [0.05, 0.1) is 16.8 Å². The number of hydrogen-bond acceptors (Lipinski definition) is 5. The molecule has 0 bridgehead atoms. The molecule has 5 nitrogen and oxygen atoms in total. The van der Waals surface area contributed by atoms with E-state index in [0.717, 1.165) is 69.8 Å². The molecule has 24 heavy (non-hydrogen) atoms. The fourth-order valence-electron chi connectivity index (χ4n) is 3.96. The highest BCUT2D eigenvalue weighted by molar-refractivity contribution is 5.67. The number of benzene rings is 1. The number of rotatable bonds is 4. The first kappa shape index (κ1) is 13.8. The van der Waals surface area contributed by atoms with Gasteiger partial charge in [0, 0.05) is 57.1 Å². The van der Waals surface area contributed by atoms with Crippen LogP contribution in [0.1, 0.15) is 29.4 Å². The minimum absolute atomic E-state index is 0.253. The van der Waals surface area contributed by atoms with Crippen LogP contribution in [0.4, 0.5) is 11.4 Å². The summed E-state index contributed by atoms with van der Waals surface area (Å²) in [5.74, 6) is 0.253. The Hall–Kier alpha value is -1.46. The lowest BCUT2D eigenvalue weighted by atomic mass is 9.99. The first-order valence-corrected chi connectivity index (χ1v) is 9.06. The van der Waals surface area contributed by atoms with Crippen molar-refractivity contribution in [1.82, 2.24) is 9.80 Å². The van der Waals surface area contributed by atoms with Crippen LogP contribution >= 0.6 is 0 Å². The molecule has 0 radical (unpaired) electrons. The van der Waals surface area contributed by atoms with Crippen LogP contribution in [-0.4, -0.2) is 69.2 Å². The lowest BCUT2D eigenvalue weighted by Crippen LogP contribution is -2.52. The van der Waals surface area contributed by atoms with Crippen molar-refractivity contribution in [3.8, 4) is 5.75 Å². The number of nitrogens with two attached hydrogens (primary N) is 1. The Kier molecular flexibility index (Phi) is 4.38. The predicted molar refractivity (Wildman–Crippen MR) is 101 cm³/mol. The number of aryl methyl sites for hydroxylation is 1. The van der Waals surface area contributed by atoms with Crippen LogP contribution in [0.2, 0.25) is 0 Å². The van der Waals surface area contributed by atoms with Gasteiger partial charge in [-0.2, -0.15) is 0 Å². The second-order valence-electron chi connectivity index (χ2n) is 7.03. The Morgan fingerprint density at radius 1 is 1.17 bits per heavy atom. The van der Waals surface area contributed by atoms with Gasteiger partial charge in [0.2, 0.25) is 0 Å². The van der Waals surface area contributed by atoms with Crippen molar-refractivity contribution in [2.45, 2.75) is 32.2 Å². The Bertz CT molecular complexity index is 637. The third-order valence-electron chi connectivity index (χ3n) is 5.56. The topological polar surface area (TPSA) is 45.0 Å². The number of hydrogen-bond donors (Lipinski definition) is 1. The number of likely N-dealkylation sites (N-methyl/N-ethyl adjacent to an activating group) is 1. The molecule has 2 saturated heterocycles. The largest absolute Gasteiger partial charge is 0.495 e. The lowest BCUT2D eigenvalue weighted by Gasteiger charge is -2.43. The van der Waals surface area contributed by atoms with E-state index in [9.17, 15) is 0 Å². The van der Waals surface area contributed by atoms with Crippen molar-refractivity contribution in [3.63, 3.8) is 0 Å². The molecule has 2 heterocycles. The molecule has 2 aliphatic heterocycles. The predicted octanol–water partition coefficient (Wildman–Crippen LogP) is 2.06. The number of anilines is 2. The maximum Gasteiger partial charge on any atom is 0.143 e. The number of piperazine rings is 1. The minimum Gasteiger partial charge on any atom is -0.495 e. The van der Waals surface area contributed by atoms with Gasteiger partial charge in [-0.3, -0.25) is 4.90 Å². The highest BCUT2D eigenvalue weighted by Gasteiger charge is 2.27. The lowest BCUT2D eigenvalue weighted by molar-refractivity contribution is 0.0982. The molecule has 0 amide bonds. The molecule has 0 atom stereocenters. The summed E-state index contributed by atoms with van der Waals surface area (Å²) in [6, 6.07) is 4.33. The van der Waals surface area contributed by atoms with Crippen LogP contribution in [0, 0.1) is 0 Å². The fraction of sp³-hybridized carbons (Fsp3) is 0.684. The van der Waals surface area contributed by atoms with Gasteiger partial charge in [0.1, 0.15) is 5.75 Å². The molecule has 2 aliphatic rings. The summed E-state index contributed by atoms with van der Waals surface area (Å²) in [7, 11) is -0.306. The van der Waals surface area contributed by atoms with Crippen LogP contribution < -0.4 is 15.4 Å².